The lowest BCUT2D eigenvalue weighted by Crippen LogP contribution is -1.73. The molecule has 0 aliphatic rings. The molecule has 0 aromatic rings. The van der Waals surface area contributed by atoms with Crippen LogP contribution in [0.5, 0.6) is 0 Å². The van der Waals surface area contributed by atoms with Gasteiger partial charge in [-0.3, -0.25) is 0 Å². The number of aliphatic hydroxyl groups excluding tert-OH is 1. The molecule has 0 saturated heterocycles. The lowest BCUT2D eigenvalue weighted by molar-refractivity contribution is 0.302. The van der Waals surface area contributed by atoms with Crippen molar-refractivity contribution in [3.63, 3.8) is 0 Å². The molecule has 0 unspecified atom stereocenters. The molecule has 0 aromatic carbocycles. The molecule has 0 heterocycles. The van der Waals surface area contributed by atoms with Crippen LogP contribution < -0.4 is 0 Å². The van der Waals surface area contributed by atoms with E-state index >= 15 is 0 Å². The predicted octanol–water partition coefficient (Wildman–Crippen LogP) is 1.67. The first-order valence-corrected chi connectivity index (χ1v) is 2.97. The standard InChI is InChI=1S/C8H12O/c1-2-3-4-5-6-7-8-9/h2-6,9H,1,7-8H2/b4-3-,6-5+. The fraction of sp³-hybridized carbons (Fsp3) is 0.250. The Bertz CT molecular complexity index is 112. The molecule has 0 aliphatic carbocycles. The van der Waals surface area contributed by atoms with Gasteiger partial charge < -0.3 is 5.11 Å². The van der Waals surface area contributed by atoms with Gasteiger partial charge in [-0.1, -0.05) is 37.0 Å². The van der Waals surface area contributed by atoms with Crippen molar-refractivity contribution < 1.29 is 5.11 Å². The molecule has 50 valence electrons. The van der Waals surface area contributed by atoms with Crippen molar-refractivity contribution in [2.75, 3.05) is 6.61 Å². The Hall–Kier alpha value is -0.820. The minimum atomic E-state index is 0.221. The van der Waals surface area contributed by atoms with Gasteiger partial charge in [0.15, 0.2) is 0 Å². The lowest BCUT2D eigenvalue weighted by atomic mass is 10.4. The number of aliphatic hydroxyl groups is 1. The molecule has 0 bridgehead atoms. The maximum atomic E-state index is 8.33. The third-order valence-corrected chi connectivity index (χ3v) is 0.790. The Morgan fingerprint density at radius 1 is 1.22 bits per heavy atom. The fourth-order valence-electron chi connectivity index (χ4n) is 0.392. The van der Waals surface area contributed by atoms with E-state index in [-0.39, 0.29) is 6.61 Å². The minimum Gasteiger partial charge on any atom is -0.396 e. The second-order valence-corrected chi connectivity index (χ2v) is 1.56. The van der Waals surface area contributed by atoms with E-state index in [2.05, 4.69) is 6.58 Å². The molecule has 0 amide bonds. The Kier molecular flexibility index (Phi) is 6.53. The minimum absolute atomic E-state index is 0.221. The Morgan fingerprint density at radius 2 is 2.00 bits per heavy atom. The number of hydrogen-bond donors (Lipinski definition) is 1. The first-order chi connectivity index (χ1) is 4.41. The van der Waals surface area contributed by atoms with Crippen LogP contribution in [0.1, 0.15) is 6.42 Å². The van der Waals surface area contributed by atoms with Crippen LogP contribution in [-0.2, 0) is 0 Å². The van der Waals surface area contributed by atoms with Gasteiger partial charge in [-0.05, 0) is 6.42 Å². The molecule has 1 N–H and O–H groups in total. The molecule has 1 heteroatoms. The van der Waals surface area contributed by atoms with Crippen molar-refractivity contribution >= 4 is 0 Å². The zero-order valence-electron chi connectivity index (χ0n) is 5.46. The maximum absolute atomic E-state index is 8.33. The number of rotatable bonds is 4. The average Bonchev–Trinajstić information content (AvgIpc) is 1.89. The van der Waals surface area contributed by atoms with Crippen LogP contribution in [0.25, 0.3) is 0 Å². The summed E-state index contributed by atoms with van der Waals surface area (Å²) in [5.74, 6) is 0. The van der Waals surface area contributed by atoms with Gasteiger partial charge in [-0.15, -0.1) is 0 Å². The normalized spacial score (nSPS) is 11.2. The van der Waals surface area contributed by atoms with E-state index in [1.54, 1.807) is 6.08 Å². The Balaban J connectivity index is 3.23. The summed E-state index contributed by atoms with van der Waals surface area (Å²) in [6, 6.07) is 0. The SMILES string of the molecule is C=C/C=C\C=C\CCO. The van der Waals surface area contributed by atoms with E-state index < -0.39 is 0 Å². The third-order valence-electron chi connectivity index (χ3n) is 0.790. The quantitative estimate of drug-likeness (QED) is 0.565. The third kappa shape index (κ3) is 7.18. The van der Waals surface area contributed by atoms with Gasteiger partial charge in [0.2, 0.25) is 0 Å². The van der Waals surface area contributed by atoms with Crippen LogP contribution in [-0.4, -0.2) is 11.7 Å². The van der Waals surface area contributed by atoms with Gasteiger partial charge in [0, 0.05) is 6.61 Å². The van der Waals surface area contributed by atoms with Crippen molar-refractivity contribution in [1.82, 2.24) is 0 Å². The summed E-state index contributed by atoms with van der Waals surface area (Å²) in [6.45, 7) is 3.73. The summed E-state index contributed by atoms with van der Waals surface area (Å²) >= 11 is 0. The highest BCUT2D eigenvalue weighted by Gasteiger charge is 1.68. The van der Waals surface area contributed by atoms with Crippen molar-refractivity contribution in [3.05, 3.63) is 37.0 Å². The molecule has 1 nitrogen and oxygen atoms in total. The summed E-state index contributed by atoms with van der Waals surface area (Å²) in [5.41, 5.74) is 0. The molecule has 0 aliphatic heterocycles. The van der Waals surface area contributed by atoms with Gasteiger partial charge in [0.05, 0.1) is 0 Å². The highest BCUT2D eigenvalue weighted by molar-refractivity contribution is 5.08. The van der Waals surface area contributed by atoms with E-state index in [1.807, 2.05) is 24.3 Å². The molecule has 0 aromatic heterocycles. The van der Waals surface area contributed by atoms with E-state index in [4.69, 9.17) is 5.11 Å². The van der Waals surface area contributed by atoms with Gasteiger partial charge in [0.1, 0.15) is 0 Å². The highest BCUT2D eigenvalue weighted by Crippen LogP contribution is 1.81. The molecule has 9 heavy (non-hydrogen) atoms. The van der Waals surface area contributed by atoms with Crippen LogP contribution in [0.2, 0.25) is 0 Å². The summed E-state index contributed by atoms with van der Waals surface area (Å²) < 4.78 is 0. The molecule has 0 radical (unpaired) electrons. The lowest BCUT2D eigenvalue weighted by Gasteiger charge is -1.78. The average molecular weight is 124 g/mol. The number of allylic oxidation sites excluding steroid dienone is 4. The monoisotopic (exact) mass is 124 g/mol. The zero-order valence-corrected chi connectivity index (χ0v) is 5.46. The van der Waals surface area contributed by atoms with Gasteiger partial charge in [-0.2, -0.15) is 0 Å². The Labute approximate surface area is 56.0 Å². The molecule has 0 spiro atoms. The Morgan fingerprint density at radius 3 is 2.56 bits per heavy atom. The van der Waals surface area contributed by atoms with E-state index in [0.717, 1.165) is 6.42 Å². The summed E-state index contributed by atoms with van der Waals surface area (Å²) in [7, 11) is 0. The smallest absolute Gasteiger partial charge is 0.0465 e. The van der Waals surface area contributed by atoms with Gasteiger partial charge >= 0.3 is 0 Å². The van der Waals surface area contributed by atoms with Crippen molar-refractivity contribution in [2.45, 2.75) is 6.42 Å². The highest BCUT2D eigenvalue weighted by atomic mass is 16.2. The fourth-order valence-corrected chi connectivity index (χ4v) is 0.392. The predicted molar refractivity (Wildman–Crippen MR) is 40.2 cm³/mol. The van der Waals surface area contributed by atoms with E-state index in [0.29, 0.717) is 0 Å². The molecule has 0 rings (SSSR count). The number of hydrogen-bond acceptors (Lipinski definition) is 1. The topological polar surface area (TPSA) is 20.2 Å². The van der Waals surface area contributed by atoms with E-state index in [1.165, 1.54) is 0 Å². The van der Waals surface area contributed by atoms with Crippen molar-refractivity contribution in [2.24, 2.45) is 0 Å². The summed E-state index contributed by atoms with van der Waals surface area (Å²) in [4.78, 5) is 0. The first kappa shape index (κ1) is 8.18. The van der Waals surface area contributed by atoms with Crippen LogP contribution in [0.3, 0.4) is 0 Å². The van der Waals surface area contributed by atoms with Gasteiger partial charge in [-0.25, -0.2) is 0 Å². The zero-order chi connectivity index (χ0) is 6.95. The van der Waals surface area contributed by atoms with Crippen LogP contribution in [0.4, 0.5) is 0 Å². The molecule has 0 fully saturated rings. The van der Waals surface area contributed by atoms with Gasteiger partial charge in [0.25, 0.3) is 0 Å². The van der Waals surface area contributed by atoms with Crippen LogP contribution in [0.15, 0.2) is 37.0 Å². The maximum Gasteiger partial charge on any atom is 0.0465 e. The molecular weight excluding hydrogens is 112 g/mol. The first-order valence-electron chi connectivity index (χ1n) is 2.97. The summed E-state index contributed by atoms with van der Waals surface area (Å²) in [5, 5.41) is 8.33. The van der Waals surface area contributed by atoms with E-state index in [9.17, 15) is 0 Å². The van der Waals surface area contributed by atoms with Crippen LogP contribution >= 0.6 is 0 Å². The molecular formula is C8H12O. The summed E-state index contributed by atoms with van der Waals surface area (Å²) in [6.07, 6.45) is 9.94. The van der Waals surface area contributed by atoms with Crippen molar-refractivity contribution in [1.29, 1.82) is 0 Å². The largest absolute Gasteiger partial charge is 0.396 e. The second-order valence-electron chi connectivity index (χ2n) is 1.56. The van der Waals surface area contributed by atoms with Crippen LogP contribution in [0, 0.1) is 0 Å². The van der Waals surface area contributed by atoms with Crippen molar-refractivity contribution in [3.8, 4) is 0 Å². The second kappa shape index (κ2) is 7.18. The molecule has 0 atom stereocenters. The molecule has 0 saturated carbocycles.